The van der Waals surface area contributed by atoms with E-state index in [-0.39, 0.29) is 18.0 Å². The summed E-state index contributed by atoms with van der Waals surface area (Å²) in [6.45, 7) is 3.61. The number of urea groups is 1. The first-order chi connectivity index (χ1) is 13.1. The fourth-order valence-corrected chi connectivity index (χ4v) is 3.31. The zero-order valence-corrected chi connectivity index (χ0v) is 16.7. The third kappa shape index (κ3) is 5.13. The molecule has 1 unspecified atom stereocenters. The van der Waals surface area contributed by atoms with Crippen LogP contribution in [0.15, 0.2) is 46.9 Å². The van der Waals surface area contributed by atoms with E-state index < -0.39 is 0 Å². The Kier molecular flexibility index (Phi) is 6.55. The number of carbonyl (C=O) groups is 1. The predicted molar refractivity (Wildman–Crippen MR) is 105 cm³/mol. The molecule has 1 heterocycles. The molecule has 2 aromatic rings. The van der Waals surface area contributed by atoms with E-state index in [0.29, 0.717) is 44.0 Å². The van der Waals surface area contributed by atoms with Crippen LogP contribution >= 0.6 is 15.9 Å². The number of rotatable bonds is 6. The van der Waals surface area contributed by atoms with Gasteiger partial charge in [-0.05, 0) is 49.2 Å². The molecule has 2 aromatic carbocycles. The van der Waals surface area contributed by atoms with Crippen LogP contribution in [-0.2, 0) is 6.42 Å². The topological polar surface area (TPSA) is 50.8 Å². The number of fused-ring (bicyclic) bond motifs is 1. The molecule has 27 heavy (non-hydrogen) atoms. The van der Waals surface area contributed by atoms with E-state index in [0.717, 1.165) is 10.2 Å². The van der Waals surface area contributed by atoms with Crippen LogP contribution in [0.4, 0.5) is 9.18 Å². The fourth-order valence-electron chi connectivity index (χ4n) is 2.91. The summed E-state index contributed by atoms with van der Waals surface area (Å²) in [5.41, 5.74) is 0.563. The average molecular weight is 437 g/mol. The van der Waals surface area contributed by atoms with E-state index in [2.05, 4.69) is 21.2 Å². The first kappa shape index (κ1) is 19.5. The van der Waals surface area contributed by atoms with E-state index in [4.69, 9.17) is 9.47 Å². The van der Waals surface area contributed by atoms with Crippen molar-refractivity contribution in [3.8, 4) is 11.5 Å². The lowest BCUT2D eigenvalue weighted by atomic mass is 10.1. The van der Waals surface area contributed by atoms with Crippen LogP contribution in [0.25, 0.3) is 0 Å². The van der Waals surface area contributed by atoms with Gasteiger partial charge in [0.1, 0.15) is 12.4 Å². The summed E-state index contributed by atoms with van der Waals surface area (Å²) >= 11 is 3.33. The lowest BCUT2D eigenvalue weighted by molar-refractivity contribution is 0.0676. The monoisotopic (exact) mass is 436 g/mol. The number of benzene rings is 2. The normalized spacial score (nSPS) is 15.3. The quantitative estimate of drug-likeness (QED) is 0.744. The van der Waals surface area contributed by atoms with Crippen LogP contribution in [0.5, 0.6) is 11.5 Å². The number of hydrogen-bond donors (Lipinski definition) is 1. The van der Waals surface area contributed by atoms with Gasteiger partial charge in [0.15, 0.2) is 17.6 Å². The lowest BCUT2D eigenvalue weighted by Crippen LogP contribution is -2.47. The van der Waals surface area contributed by atoms with Crippen LogP contribution < -0.4 is 14.8 Å². The molecule has 0 saturated heterocycles. The highest BCUT2D eigenvalue weighted by atomic mass is 79.9. The summed E-state index contributed by atoms with van der Waals surface area (Å²) < 4.78 is 26.2. The highest BCUT2D eigenvalue weighted by Gasteiger charge is 2.24. The van der Waals surface area contributed by atoms with Crippen LogP contribution in [0.2, 0.25) is 0 Å². The standard InChI is InChI=1S/C20H22BrFN2O3/c1-2-24(12-16-13-26-18-5-3-4-6-19(18)27-16)20(25)23-10-9-14-11-15(21)7-8-17(14)22/h3-8,11,16H,2,9-10,12-13H2,1H3,(H,23,25). The Morgan fingerprint density at radius 1 is 1.30 bits per heavy atom. The third-order valence-electron chi connectivity index (χ3n) is 4.34. The molecule has 0 saturated carbocycles. The molecular formula is C20H22BrFN2O3. The van der Waals surface area contributed by atoms with Crippen molar-refractivity contribution in [2.75, 3.05) is 26.2 Å². The van der Waals surface area contributed by atoms with Gasteiger partial charge in [-0.15, -0.1) is 0 Å². The Hall–Kier alpha value is -2.28. The van der Waals surface area contributed by atoms with Crippen molar-refractivity contribution in [3.63, 3.8) is 0 Å². The summed E-state index contributed by atoms with van der Waals surface area (Å²) in [6, 6.07) is 12.1. The minimum absolute atomic E-state index is 0.199. The largest absolute Gasteiger partial charge is 0.486 e. The molecule has 1 N–H and O–H groups in total. The molecule has 0 aliphatic carbocycles. The molecular weight excluding hydrogens is 415 g/mol. The maximum Gasteiger partial charge on any atom is 0.317 e. The number of nitrogens with one attached hydrogen (secondary N) is 1. The second-order valence-electron chi connectivity index (χ2n) is 6.25. The maximum absolute atomic E-state index is 13.8. The zero-order valence-electron chi connectivity index (χ0n) is 15.1. The Morgan fingerprint density at radius 2 is 2.07 bits per heavy atom. The molecule has 5 nitrogen and oxygen atoms in total. The fraction of sp³-hybridized carbons (Fsp3) is 0.350. The average Bonchev–Trinajstić information content (AvgIpc) is 2.68. The van der Waals surface area contributed by atoms with Crippen molar-refractivity contribution in [2.24, 2.45) is 0 Å². The predicted octanol–water partition coefficient (Wildman–Crippen LogP) is 4.00. The second kappa shape index (κ2) is 9.08. The number of ether oxygens (including phenoxy) is 2. The van der Waals surface area contributed by atoms with Crippen molar-refractivity contribution < 1.29 is 18.7 Å². The minimum Gasteiger partial charge on any atom is -0.486 e. The molecule has 7 heteroatoms. The van der Waals surface area contributed by atoms with Gasteiger partial charge in [0.25, 0.3) is 0 Å². The molecule has 0 radical (unpaired) electrons. The number of likely N-dealkylation sites (N-methyl/N-ethyl adjacent to an activating group) is 1. The molecule has 2 amide bonds. The Bertz CT molecular complexity index is 803. The lowest BCUT2D eigenvalue weighted by Gasteiger charge is -2.31. The van der Waals surface area contributed by atoms with Crippen LogP contribution in [0.1, 0.15) is 12.5 Å². The van der Waals surface area contributed by atoms with E-state index >= 15 is 0 Å². The first-order valence-corrected chi connectivity index (χ1v) is 9.71. The highest BCUT2D eigenvalue weighted by Crippen LogP contribution is 2.31. The van der Waals surface area contributed by atoms with Gasteiger partial charge in [0.05, 0.1) is 6.54 Å². The van der Waals surface area contributed by atoms with Crippen LogP contribution in [0, 0.1) is 5.82 Å². The number of amides is 2. The second-order valence-corrected chi connectivity index (χ2v) is 7.17. The SMILES string of the molecule is CCN(CC1COc2ccccc2O1)C(=O)NCCc1cc(Br)ccc1F. The van der Waals surface area contributed by atoms with Gasteiger partial charge in [-0.25, -0.2) is 9.18 Å². The van der Waals surface area contributed by atoms with Gasteiger partial charge in [-0.3, -0.25) is 0 Å². The van der Waals surface area contributed by atoms with Gasteiger partial charge < -0.3 is 19.7 Å². The van der Waals surface area contributed by atoms with E-state index in [9.17, 15) is 9.18 Å². The highest BCUT2D eigenvalue weighted by molar-refractivity contribution is 9.10. The van der Waals surface area contributed by atoms with Gasteiger partial charge in [-0.2, -0.15) is 0 Å². The van der Waals surface area contributed by atoms with Gasteiger partial charge in [0, 0.05) is 17.6 Å². The molecule has 0 aromatic heterocycles. The van der Waals surface area contributed by atoms with Gasteiger partial charge in [0.2, 0.25) is 0 Å². The Labute approximate surface area is 166 Å². The Balaban J connectivity index is 1.50. The molecule has 0 spiro atoms. The Morgan fingerprint density at radius 3 is 2.85 bits per heavy atom. The third-order valence-corrected chi connectivity index (χ3v) is 4.83. The summed E-state index contributed by atoms with van der Waals surface area (Å²) in [5, 5.41) is 2.85. The van der Waals surface area contributed by atoms with E-state index in [1.54, 1.807) is 17.0 Å². The van der Waals surface area contributed by atoms with Crippen molar-refractivity contribution in [1.29, 1.82) is 0 Å². The van der Waals surface area contributed by atoms with E-state index in [1.807, 2.05) is 31.2 Å². The molecule has 1 aliphatic heterocycles. The number of halogens is 2. The van der Waals surface area contributed by atoms with Crippen LogP contribution in [0.3, 0.4) is 0 Å². The minimum atomic E-state index is -0.272. The number of hydrogen-bond acceptors (Lipinski definition) is 3. The zero-order chi connectivity index (χ0) is 19.2. The van der Waals surface area contributed by atoms with Crippen molar-refractivity contribution in [1.82, 2.24) is 10.2 Å². The summed E-state index contributed by atoms with van der Waals surface area (Å²) in [5.74, 6) is 1.14. The number of carbonyl (C=O) groups excluding carboxylic acids is 1. The van der Waals surface area contributed by atoms with Crippen molar-refractivity contribution in [3.05, 3.63) is 58.3 Å². The smallest absolute Gasteiger partial charge is 0.317 e. The molecule has 0 fully saturated rings. The molecule has 1 atom stereocenters. The number of nitrogens with zero attached hydrogens (tertiary/aromatic N) is 1. The van der Waals surface area contributed by atoms with Crippen molar-refractivity contribution in [2.45, 2.75) is 19.4 Å². The first-order valence-electron chi connectivity index (χ1n) is 8.92. The van der Waals surface area contributed by atoms with Gasteiger partial charge >= 0.3 is 6.03 Å². The van der Waals surface area contributed by atoms with E-state index in [1.165, 1.54) is 6.07 Å². The summed E-state index contributed by atoms with van der Waals surface area (Å²) in [6.07, 6.45) is 0.193. The summed E-state index contributed by atoms with van der Waals surface area (Å²) in [7, 11) is 0. The summed E-state index contributed by atoms with van der Waals surface area (Å²) in [4.78, 5) is 14.1. The molecule has 0 bridgehead atoms. The van der Waals surface area contributed by atoms with Gasteiger partial charge in [-0.1, -0.05) is 28.1 Å². The number of para-hydroxylation sites is 2. The van der Waals surface area contributed by atoms with Crippen LogP contribution in [-0.4, -0.2) is 43.3 Å². The molecule has 144 valence electrons. The van der Waals surface area contributed by atoms with Crippen molar-refractivity contribution >= 4 is 22.0 Å². The molecule has 1 aliphatic rings. The molecule has 3 rings (SSSR count). The maximum atomic E-state index is 13.8.